The van der Waals surface area contributed by atoms with Crippen LogP contribution in [0.5, 0.6) is 0 Å². The molecule has 2 atom stereocenters. The lowest BCUT2D eigenvalue weighted by molar-refractivity contribution is -0.133. The highest BCUT2D eigenvalue weighted by atomic mass is 16.2. The molecule has 0 saturated carbocycles. The summed E-state index contributed by atoms with van der Waals surface area (Å²) in [6.45, 7) is 7.23. The van der Waals surface area contributed by atoms with Gasteiger partial charge in [-0.25, -0.2) is 0 Å². The van der Waals surface area contributed by atoms with Crippen molar-refractivity contribution in [3.63, 3.8) is 0 Å². The number of piperidine rings is 1. The van der Waals surface area contributed by atoms with E-state index in [-0.39, 0.29) is 6.61 Å². The van der Waals surface area contributed by atoms with Crippen molar-refractivity contribution < 1.29 is 9.90 Å². The summed E-state index contributed by atoms with van der Waals surface area (Å²) >= 11 is 0. The van der Waals surface area contributed by atoms with E-state index in [4.69, 9.17) is 5.11 Å². The first-order valence-electron chi connectivity index (χ1n) is 7.83. The number of likely N-dealkylation sites (tertiary alicyclic amines) is 1. The van der Waals surface area contributed by atoms with Gasteiger partial charge in [-0.2, -0.15) is 0 Å². The average molecular weight is 270 g/mol. The number of carbonyl (C=O) groups is 1. The standard InChI is InChI=1S/C15H30N2O2/c1-3-6-15(19)17-11-13(7-5-9-18)10-14(12-17)16-8-4-2/h13-14,16,18H,3-12H2,1-2H3. The van der Waals surface area contributed by atoms with Crippen molar-refractivity contribution in [3.05, 3.63) is 0 Å². The average Bonchev–Trinajstić information content (AvgIpc) is 2.43. The number of aliphatic hydroxyl groups is 1. The van der Waals surface area contributed by atoms with Crippen LogP contribution in [0.1, 0.15) is 52.4 Å². The minimum Gasteiger partial charge on any atom is -0.396 e. The number of aliphatic hydroxyl groups excluding tert-OH is 1. The maximum atomic E-state index is 12.1. The molecule has 19 heavy (non-hydrogen) atoms. The summed E-state index contributed by atoms with van der Waals surface area (Å²) in [5.74, 6) is 0.829. The largest absolute Gasteiger partial charge is 0.396 e. The van der Waals surface area contributed by atoms with E-state index >= 15 is 0 Å². The summed E-state index contributed by atoms with van der Waals surface area (Å²) in [6, 6.07) is 0.429. The minimum atomic E-state index is 0.256. The quantitative estimate of drug-likeness (QED) is 0.707. The molecule has 1 heterocycles. The van der Waals surface area contributed by atoms with E-state index in [0.29, 0.717) is 24.3 Å². The maximum absolute atomic E-state index is 12.1. The van der Waals surface area contributed by atoms with Crippen LogP contribution in [0.4, 0.5) is 0 Å². The molecule has 4 nitrogen and oxygen atoms in total. The van der Waals surface area contributed by atoms with Crippen molar-refractivity contribution in [1.82, 2.24) is 10.2 Å². The lowest BCUT2D eigenvalue weighted by Crippen LogP contribution is -2.51. The molecule has 1 rings (SSSR count). The van der Waals surface area contributed by atoms with E-state index in [2.05, 4.69) is 19.2 Å². The van der Waals surface area contributed by atoms with Gasteiger partial charge in [-0.1, -0.05) is 13.8 Å². The predicted molar refractivity (Wildman–Crippen MR) is 78.0 cm³/mol. The van der Waals surface area contributed by atoms with E-state index < -0.39 is 0 Å². The highest BCUT2D eigenvalue weighted by Gasteiger charge is 2.28. The van der Waals surface area contributed by atoms with Crippen molar-refractivity contribution >= 4 is 5.91 Å². The molecule has 1 saturated heterocycles. The fraction of sp³-hybridized carbons (Fsp3) is 0.933. The minimum absolute atomic E-state index is 0.256. The van der Waals surface area contributed by atoms with Crippen molar-refractivity contribution in [1.29, 1.82) is 0 Å². The van der Waals surface area contributed by atoms with Crippen LogP contribution in [-0.2, 0) is 4.79 Å². The molecule has 0 aliphatic carbocycles. The van der Waals surface area contributed by atoms with Crippen LogP contribution < -0.4 is 5.32 Å². The van der Waals surface area contributed by atoms with E-state index in [1.54, 1.807) is 0 Å². The van der Waals surface area contributed by atoms with Crippen molar-refractivity contribution in [3.8, 4) is 0 Å². The highest BCUT2D eigenvalue weighted by molar-refractivity contribution is 5.76. The first-order chi connectivity index (χ1) is 9.21. The summed E-state index contributed by atoms with van der Waals surface area (Å²) in [7, 11) is 0. The molecule has 0 aromatic heterocycles. The molecule has 0 radical (unpaired) electrons. The Balaban J connectivity index is 2.52. The van der Waals surface area contributed by atoms with Gasteiger partial charge in [0, 0.05) is 32.2 Å². The van der Waals surface area contributed by atoms with Gasteiger partial charge in [0.2, 0.25) is 5.91 Å². The van der Waals surface area contributed by atoms with Crippen LogP contribution in [-0.4, -0.2) is 48.2 Å². The van der Waals surface area contributed by atoms with Gasteiger partial charge in [-0.3, -0.25) is 4.79 Å². The fourth-order valence-electron chi connectivity index (χ4n) is 2.86. The highest BCUT2D eigenvalue weighted by Crippen LogP contribution is 2.22. The van der Waals surface area contributed by atoms with Crippen LogP contribution in [0.25, 0.3) is 0 Å². The maximum Gasteiger partial charge on any atom is 0.222 e. The van der Waals surface area contributed by atoms with Gasteiger partial charge in [0.15, 0.2) is 0 Å². The Hall–Kier alpha value is -0.610. The molecule has 1 aliphatic heterocycles. The van der Waals surface area contributed by atoms with Crippen LogP contribution in [0.2, 0.25) is 0 Å². The molecule has 1 amide bonds. The van der Waals surface area contributed by atoms with E-state index in [9.17, 15) is 4.79 Å². The Labute approximate surface area is 117 Å². The second-order valence-corrected chi connectivity index (χ2v) is 5.67. The SMILES string of the molecule is CCCNC1CC(CCCO)CN(C(=O)CCC)C1. The van der Waals surface area contributed by atoms with Crippen molar-refractivity contribution in [2.75, 3.05) is 26.2 Å². The van der Waals surface area contributed by atoms with Gasteiger partial charge < -0.3 is 15.3 Å². The molecule has 0 aromatic rings. The number of amides is 1. The third-order valence-corrected chi connectivity index (χ3v) is 3.81. The number of nitrogens with one attached hydrogen (secondary N) is 1. The van der Waals surface area contributed by atoms with Gasteiger partial charge in [0.1, 0.15) is 0 Å². The van der Waals surface area contributed by atoms with Crippen LogP contribution >= 0.6 is 0 Å². The Morgan fingerprint density at radius 3 is 2.74 bits per heavy atom. The van der Waals surface area contributed by atoms with Crippen LogP contribution in [0, 0.1) is 5.92 Å². The number of rotatable bonds is 8. The summed E-state index contributed by atoms with van der Waals surface area (Å²) in [4.78, 5) is 14.1. The number of hydrogen-bond acceptors (Lipinski definition) is 3. The summed E-state index contributed by atoms with van der Waals surface area (Å²) in [5.41, 5.74) is 0. The third-order valence-electron chi connectivity index (χ3n) is 3.81. The zero-order valence-electron chi connectivity index (χ0n) is 12.5. The number of nitrogens with zero attached hydrogens (tertiary/aromatic N) is 1. The predicted octanol–water partition coefficient (Wildman–Crippen LogP) is 1.78. The van der Waals surface area contributed by atoms with Gasteiger partial charge >= 0.3 is 0 Å². The Morgan fingerprint density at radius 1 is 1.32 bits per heavy atom. The molecule has 0 aromatic carbocycles. The first kappa shape index (κ1) is 16.4. The molecule has 1 aliphatic rings. The van der Waals surface area contributed by atoms with Crippen LogP contribution in [0.3, 0.4) is 0 Å². The number of hydrogen-bond donors (Lipinski definition) is 2. The van der Waals surface area contributed by atoms with Gasteiger partial charge in [0.25, 0.3) is 0 Å². The summed E-state index contributed by atoms with van der Waals surface area (Å²) in [5, 5.41) is 12.5. The molecule has 0 spiro atoms. The van der Waals surface area contributed by atoms with Crippen molar-refractivity contribution in [2.45, 2.75) is 58.4 Å². The molecule has 4 heteroatoms. The Kier molecular flexibility index (Phi) is 8.07. The van der Waals surface area contributed by atoms with E-state index in [1.165, 1.54) is 0 Å². The zero-order chi connectivity index (χ0) is 14.1. The van der Waals surface area contributed by atoms with Crippen LogP contribution in [0.15, 0.2) is 0 Å². The third kappa shape index (κ3) is 5.91. The molecule has 0 bridgehead atoms. The normalized spacial score (nSPS) is 23.6. The molecular formula is C15H30N2O2. The number of carbonyl (C=O) groups excluding carboxylic acids is 1. The second-order valence-electron chi connectivity index (χ2n) is 5.67. The zero-order valence-corrected chi connectivity index (χ0v) is 12.5. The van der Waals surface area contributed by atoms with E-state index in [0.717, 1.165) is 51.7 Å². The topological polar surface area (TPSA) is 52.6 Å². The summed E-state index contributed by atoms with van der Waals surface area (Å²) in [6.07, 6.45) is 5.71. The lowest BCUT2D eigenvalue weighted by Gasteiger charge is -2.38. The smallest absolute Gasteiger partial charge is 0.222 e. The first-order valence-corrected chi connectivity index (χ1v) is 7.83. The molecule has 1 fully saturated rings. The fourth-order valence-corrected chi connectivity index (χ4v) is 2.86. The van der Waals surface area contributed by atoms with Gasteiger partial charge in [0.05, 0.1) is 0 Å². The van der Waals surface area contributed by atoms with E-state index in [1.807, 2.05) is 4.90 Å². The Bertz CT molecular complexity index is 243. The summed E-state index contributed by atoms with van der Waals surface area (Å²) < 4.78 is 0. The lowest BCUT2D eigenvalue weighted by atomic mass is 9.90. The Morgan fingerprint density at radius 2 is 2.11 bits per heavy atom. The monoisotopic (exact) mass is 270 g/mol. The molecule has 112 valence electrons. The van der Waals surface area contributed by atoms with Crippen molar-refractivity contribution in [2.24, 2.45) is 5.92 Å². The second kappa shape index (κ2) is 9.32. The van der Waals surface area contributed by atoms with Gasteiger partial charge in [-0.15, -0.1) is 0 Å². The molecule has 2 N–H and O–H groups in total. The van der Waals surface area contributed by atoms with Gasteiger partial charge in [-0.05, 0) is 44.6 Å². The molecular weight excluding hydrogens is 240 g/mol. The molecule has 2 unspecified atom stereocenters.